The van der Waals surface area contributed by atoms with Gasteiger partial charge in [-0.25, -0.2) is 26.3 Å². The number of hydrogen-bond acceptors (Lipinski definition) is 37. The predicted molar refractivity (Wildman–Crippen MR) is 547 cm³/mol. The van der Waals surface area contributed by atoms with Crippen LogP contribution >= 0.6 is 46.4 Å². The number of alkyl halides is 4. The number of rotatable bonds is 102. The van der Waals surface area contributed by atoms with Crippen LogP contribution in [-0.4, -0.2) is 520 Å². The monoisotopic (exact) mass is 2210 g/mol. The molecule has 2 aliphatic heterocycles. The van der Waals surface area contributed by atoms with E-state index in [0.29, 0.717) is 443 Å². The first kappa shape index (κ1) is 132. The first-order valence-electron chi connectivity index (χ1n) is 53.2. The van der Waals surface area contributed by atoms with Gasteiger partial charge in [0.1, 0.15) is 0 Å². The van der Waals surface area contributed by atoms with Crippen LogP contribution in [0.1, 0.15) is 89.9 Å². The number of sulfonamides is 2. The lowest BCUT2D eigenvalue weighted by Crippen LogP contribution is -2.54. The molecule has 0 aromatic carbocycles. The van der Waals surface area contributed by atoms with Gasteiger partial charge in [0.25, 0.3) is 0 Å². The van der Waals surface area contributed by atoms with Crippen molar-refractivity contribution in [3.8, 4) is 0 Å². The smallest absolute Gasteiger partial charge is 0.222 e. The molecule has 0 aromatic rings. The lowest BCUT2D eigenvalue weighted by molar-refractivity contribution is -0.123. The van der Waals surface area contributed by atoms with Crippen molar-refractivity contribution in [3.05, 3.63) is 0 Å². The standard InChI is InChI=1S/C98H184Cl4N6O35S2/c1-107-79-91(89-75-85(99)77-95(101)93(89)81-107)83-5-3-7-87(73-83)144(111,112)105-13-19-119-25-31-125-37-43-131-49-55-137-61-67-142-71-69-140-65-59-135-53-47-129-41-35-123-29-23-117-17-11-103-97(109)9-15-115-21-27-121-33-39-127-45-51-133-57-63-139-64-58-134-52-46-128-40-34-122-28-22-116-16-10-98(110)104-12-18-118-24-30-124-36-42-130-48-54-136-60-66-141-70-72-143-68-62-138-56-50-132-44-38-126-32-26-120-20-14-106-145(113,114)88-8-4-6-84(74-88)92-80-108(2)82-94-90(92)76-86(100)78-96(94)102/h83-96,105-106H,3-82H2,1-2H3,(H,103,109)(H,104,110). The van der Waals surface area contributed by atoms with E-state index in [0.717, 1.165) is 77.5 Å². The second-order valence-corrected chi connectivity index (χ2v) is 43.0. The molecule has 0 aromatic heterocycles. The molecule has 0 bridgehead atoms. The highest BCUT2D eigenvalue weighted by atomic mass is 35.5. The summed E-state index contributed by atoms with van der Waals surface area (Å²) < 4.78 is 220. The van der Waals surface area contributed by atoms with E-state index in [2.05, 4.69) is 44.0 Å². The third kappa shape index (κ3) is 68.7. The third-order valence-corrected chi connectivity index (χ3v) is 31.1. The number of piperidine rings is 2. The summed E-state index contributed by atoms with van der Waals surface area (Å²) in [6, 6.07) is 0. The Bertz CT molecular complexity index is 3040. The van der Waals surface area contributed by atoms with Gasteiger partial charge in [0.05, 0.1) is 394 Å². The number of carbonyl (C=O) groups excluding carboxylic acids is 2. The Hall–Kier alpha value is -1.32. The van der Waals surface area contributed by atoms with Gasteiger partial charge in [0, 0.05) is 86.7 Å². The van der Waals surface area contributed by atoms with Crippen LogP contribution in [0.3, 0.4) is 0 Å². The van der Waals surface area contributed by atoms with E-state index >= 15 is 0 Å². The van der Waals surface area contributed by atoms with Crippen molar-refractivity contribution < 1.29 is 164 Å². The average molecular weight is 2210 g/mol. The van der Waals surface area contributed by atoms with Crippen molar-refractivity contribution >= 4 is 78.3 Å². The second-order valence-electron chi connectivity index (χ2n) is 36.5. The van der Waals surface area contributed by atoms with E-state index in [-0.39, 0.29) is 96.2 Å². The number of nitrogens with zero attached hydrogens (tertiary/aromatic N) is 2. The van der Waals surface area contributed by atoms with Gasteiger partial charge in [0.15, 0.2) is 0 Å². The van der Waals surface area contributed by atoms with E-state index in [1.807, 2.05) is 0 Å². The summed E-state index contributed by atoms with van der Waals surface area (Å²) in [5.41, 5.74) is 0. The summed E-state index contributed by atoms with van der Waals surface area (Å²) in [7, 11) is -2.60. The van der Waals surface area contributed by atoms with Crippen LogP contribution in [-0.2, 0) is 167 Å². The fourth-order valence-corrected chi connectivity index (χ4v) is 23.5. The maximum atomic E-state index is 13.3. The second kappa shape index (κ2) is 90.7. The number of nitrogens with one attached hydrogen (secondary N) is 4. The van der Waals surface area contributed by atoms with Gasteiger partial charge in [0.2, 0.25) is 31.9 Å². The van der Waals surface area contributed by atoms with Gasteiger partial charge >= 0.3 is 0 Å². The van der Waals surface area contributed by atoms with Crippen LogP contribution in [0, 0.1) is 47.3 Å². The summed E-state index contributed by atoms with van der Waals surface area (Å²) in [6.45, 7) is 29.4. The normalized spacial score (nSPS) is 22.9. The molecule has 4 N–H and O–H groups in total. The SMILES string of the molecule is CN1CC2C(Cl)CC(Cl)CC2C(C2CCCC(S(=O)(=O)NCCOCCOCCOCCOCCOCCOCCOCCOCCOCCOCCNC(=O)CCOCCOCCOCCOCCOCCOCCOCCOCCOCCC(=O)NCCOCCOCCOCCOCCOCCOCCOCCOCCOCCOCCNS(=O)(=O)C3CCCC(C4CN(C)CC5C(Cl)CC(Cl)CC54)C3)C2)C1. The van der Waals surface area contributed by atoms with E-state index in [4.69, 9.17) is 184 Å². The molecule has 145 heavy (non-hydrogen) atoms. The molecule has 6 aliphatic rings. The average Bonchev–Trinajstić information content (AvgIpc) is 0.775. The minimum atomic E-state index is -3.46. The van der Waals surface area contributed by atoms with E-state index < -0.39 is 20.0 Å². The molecule has 14 unspecified atom stereocenters. The fourth-order valence-electron chi connectivity index (χ4n) is 18.4. The van der Waals surface area contributed by atoms with Crippen molar-refractivity contribution in [1.82, 2.24) is 29.9 Å². The van der Waals surface area contributed by atoms with Crippen LogP contribution in [0.25, 0.3) is 0 Å². The summed E-state index contributed by atoms with van der Waals surface area (Å²) in [5, 5.41) is 5.20. The van der Waals surface area contributed by atoms with Gasteiger partial charge in [-0.05, 0) is 113 Å². The van der Waals surface area contributed by atoms with Crippen molar-refractivity contribution in [1.29, 1.82) is 0 Å². The van der Waals surface area contributed by atoms with E-state index in [1.54, 1.807) is 0 Å². The van der Waals surface area contributed by atoms with Crippen molar-refractivity contribution in [2.45, 2.75) is 122 Å². The van der Waals surface area contributed by atoms with Gasteiger partial charge in [-0.2, -0.15) is 0 Å². The van der Waals surface area contributed by atoms with Gasteiger partial charge in [-0.15, -0.1) is 46.4 Å². The maximum absolute atomic E-state index is 13.3. The van der Waals surface area contributed by atoms with Crippen LogP contribution in [0.2, 0.25) is 0 Å². The van der Waals surface area contributed by atoms with Crippen molar-refractivity contribution in [2.75, 3.05) is 450 Å². The Labute approximate surface area is 885 Å². The molecule has 6 fully saturated rings. The zero-order chi connectivity index (χ0) is 103. The largest absolute Gasteiger partial charge is 0.379 e. The van der Waals surface area contributed by atoms with Crippen molar-refractivity contribution in [3.63, 3.8) is 0 Å². The molecule has 14 atom stereocenters. The molecular formula is C98H184Cl4N6O35S2. The zero-order valence-electron chi connectivity index (χ0n) is 87.2. The molecule has 47 heteroatoms. The number of amides is 2. The summed E-state index contributed by atoms with van der Waals surface area (Å²) >= 11 is 26.9. The molecular weight excluding hydrogens is 2030 g/mol. The zero-order valence-corrected chi connectivity index (χ0v) is 91.8. The Balaban J connectivity index is 0.517. The van der Waals surface area contributed by atoms with Crippen LogP contribution in [0.5, 0.6) is 0 Å². The minimum Gasteiger partial charge on any atom is -0.379 e. The highest BCUT2D eigenvalue weighted by Crippen LogP contribution is 2.50. The predicted octanol–water partition coefficient (Wildman–Crippen LogP) is 5.04. The summed E-state index contributed by atoms with van der Waals surface area (Å²) in [6.07, 6.45) is 10.8. The first-order chi connectivity index (χ1) is 71.0. The summed E-state index contributed by atoms with van der Waals surface area (Å²) in [4.78, 5) is 29.0. The number of carbonyl (C=O) groups is 2. The Morgan fingerprint density at radius 3 is 0.614 bits per heavy atom. The summed E-state index contributed by atoms with van der Waals surface area (Å²) in [5.74, 6) is 3.06. The highest BCUT2D eigenvalue weighted by molar-refractivity contribution is 7.90. The first-order valence-corrected chi connectivity index (χ1v) is 58.0. The molecule has 6 rings (SSSR count). The molecule has 41 nitrogen and oxygen atoms in total. The minimum absolute atomic E-state index is 0.0794. The maximum Gasteiger partial charge on any atom is 0.222 e. The lowest BCUT2D eigenvalue weighted by atomic mass is 9.63. The Morgan fingerprint density at radius 2 is 0.407 bits per heavy atom. The molecule has 4 aliphatic carbocycles. The number of likely N-dealkylation sites (tertiary alicyclic amines) is 2. The van der Waals surface area contributed by atoms with Crippen LogP contribution in [0.15, 0.2) is 0 Å². The molecule has 2 amide bonds. The molecule has 4 saturated carbocycles. The Morgan fingerprint density at radius 1 is 0.228 bits per heavy atom. The van der Waals surface area contributed by atoms with Gasteiger partial charge in [-0.3, -0.25) is 9.59 Å². The number of fused-ring (bicyclic) bond motifs is 2. The van der Waals surface area contributed by atoms with Crippen molar-refractivity contribution in [2.24, 2.45) is 47.3 Å². The third-order valence-electron chi connectivity index (χ3n) is 25.5. The molecule has 0 spiro atoms. The van der Waals surface area contributed by atoms with E-state index in [1.165, 1.54) is 0 Å². The number of halogens is 4. The molecule has 0 radical (unpaired) electrons. The lowest BCUT2D eigenvalue weighted by Gasteiger charge is -2.51. The quantitative estimate of drug-likeness (QED) is 0.0457. The number of ether oxygens (including phenoxy) is 29. The fraction of sp³-hybridized carbons (Fsp3) is 0.980. The van der Waals surface area contributed by atoms with Gasteiger partial charge in [-0.1, -0.05) is 25.7 Å². The van der Waals surface area contributed by atoms with Crippen LogP contribution in [0.4, 0.5) is 0 Å². The van der Waals surface area contributed by atoms with Gasteiger partial charge < -0.3 is 158 Å². The van der Waals surface area contributed by atoms with E-state index in [9.17, 15) is 26.4 Å². The molecule has 856 valence electrons. The molecule has 2 heterocycles. The Kier molecular flexibility index (Phi) is 82.8. The van der Waals surface area contributed by atoms with Crippen LogP contribution < -0.4 is 20.1 Å². The molecule has 2 saturated heterocycles. The number of hydrogen-bond donors (Lipinski definition) is 4. The highest BCUT2D eigenvalue weighted by Gasteiger charge is 2.50. The topological polar surface area (TPSA) is 425 Å².